The molecular formula is C22H28N4O6S. The van der Waals surface area contributed by atoms with Crippen LogP contribution in [0.5, 0.6) is 0 Å². The van der Waals surface area contributed by atoms with E-state index in [9.17, 15) is 28.1 Å². The molecular weight excluding hydrogens is 448 g/mol. The molecule has 11 heteroatoms. The van der Waals surface area contributed by atoms with Crippen LogP contribution < -0.4 is 9.62 Å². The fourth-order valence-corrected chi connectivity index (χ4v) is 4.11. The van der Waals surface area contributed by atoms with Crippen LogP contribution >= 0.6 is 0 Å². The maximum Gasteiger partial charge on any atom is 0.271 e. The molecule has 0 fully saturated rings. The summed E-state index contributed by atoms with van der Waals surface area (Å²) in [6.45, 7) is 3.31. The minimum atomic E-state index is -3.95. The number of nitrogens with zero attached hydrogens (tertiary/aromatic N) is 3. The van der Waals surface area contributed by atoms with Crippen molar-refractivity contribution in [3.05, 3.63) is 70.3 Å². The van der Waals surface area contributed by atoms with Crippen LogP contribution in [-0.4, -0.2) is 62.0 Å². The zero-order chi connectivity index (χ0) is 24.6. The number of anilines is 1. The summed E-state index contributed by atoms with van der Waals surface area (Å²) in [6, 6.07) is 13.6. The number of rotatable bonds is 11. The largest absolute Gasteiger partial charge is 0.355 e. The van der Waals surface area contributed by atoms with Gasteiger partial charge >= 0.3 is 0 Å². The number of benzene rings is 2. The quantitative estimate of drug-likeness (QED) is 0.390. The highest BCUT2D eigenvalue weighted by atomic mass is 32.2. The first-order chi connectivity index (χ1) is 15.5. The van der Waals surface area contributed by atoms with Crippen LogP contribution in [0.25, 0.3) is 0 Å². The third-order valence-corrected chi connectivity index (χ3v) is 6.15. The van der Waals surface area contributed by atoms with Crippen molar-refractivity contribution in [3.63, 3.8) is 0 Å². The van der Waals surface area contributed by atoms with E-state index in [4.69, 9.17) is 0 Å². The Labute approximate surface area is 193 Å². The summed E-state index contributed by atoms with van der Waals surface area (Å²) in [4.78, 5) is 37.5. The molecule has 0 saturated heterocycles. The normalized spacial score (nSPS) is 12.0. The molecule has 2 amide bonds. The van der Waals surface area contributed by atoms with Crippen LogP contribution in [0.3, 0.4) is 0 Å². The second-order valence-electron chi connectivity index (χ2n) is 7.44. The van der Waals surface area contributed by atoms with Crippen molar-refractivity contribution in [2.24, 2.45) is 0 Å². The first-order valence-electron chi connectivity index (χ1n) is 10.4. The second kappa shape index (κ2) is 11.4. The molecule has 178 valence electrons. The Hall–Kier alpha value is -3.47. The number of carbonyl (C=O) groups excluding carboxylic acids is 2. The summed E-state index contributed by atoms with van der Waals surface area (Å²) >= 11 is 0. The zero-order valence-corrected chi connectivity index (χ0v) is 19.6. The van der Waals surface area contributed by atoms with E-state index in [-0.39, 0.29) is 23.8 Å². The molecule has 1 N–H and O–H groups in total. The van der Waals surface area contributed by atoms with Crippen LogP contribution in [0.1, 0.15) is 19.4 Å². The Balaban J connectivity index is 2.34. The van der Waals surface area contributed by atoms with Crippen molar-refractivity contribution >= 4 is 33.2 Å². The summed E-state index contributed by atoms with van der Waals surface area (Å²) in [5.41, 5.74) is 0.649. The van der Waals surface area contributed by atoms with Crippen LogP contribution in [0.2, 0.25) is 0 Å². The maximum atomic E-state index is 13.3. The Morgan fingerprint density at radius 1 is 1.12 bits per heavy atom. The number of amides is 2. The molecule has 0 saturated carbocycles. The molecule has 0 aliphatic carbocycles. The molecule has 0 spiro atoms. The smallest absolute Gasteiger partial charge is 0.271 e. The number of hydrogen-bond acceptors (Lipinski definition) is 6. The third kappa shape index (κ3) is 7.28. The molecule has 10 nitrogen and oxygen atoms in total. The predicted octanol–water partition coefficient (Wildman–Crippen LogP) is 1.96. The van der Waals surface area contributed by atoms with Gasteiger partial charge < -0.3 is 10.2 Å². The Morgan fingerprint density at radius 2 is 1.79 bits per heavy atom. The molecule has 0 bridgehead atoms. The molecule has 33 heavy (non-hydrogen) atoms. The Kier molecular flexibility index (Phi) is 8.92. The fourth-order valence-electron chi connectivity index (χ4n) is 3.27. The van der Waals surface area contributed by atoms with Gasteiger partial charge in [-0.2, -0.15) is 0 Å². The van der Waals surface area contributed by atoms with Crippen LogP contribution in [0.15, 0.2) is 54.6 Å². The lowest BCUT2D eigenvalue weighted by Crippen LogP contribution is -2.52. The molecule has 1 atom stereocenters. The van der Waals surface area contributed by atoms with Crippen molar-refractivity contribution in [1.29, 1.82) is 0 Å². The van der Waals surface area contributed by atoms with Crippen molar-refractivity contribution in [3.8, 4) is 0 Å². The lowest BCUT2D eigenvalue weighted by Gasteiger charge is -2.31. The molecule has 0 aliphatic heterocycles. The second-order valence-corrected chi connectivity index (χ2v) is 9.35. The van der Waals surface area contributed by atoms with E-state index in [0.717, 1.165) is 22.2 Å². The molecule has 0 aromatic heterocycles. The molecule has 0 aliphatic rings. The minimum absolute atomic E-state index is 0.00581. The Morgan fingerprint density at radius 3 is 2.36 bits per heavy atom. The van der Waals surface area contributed by atoms with Crippen molar-refractivity contribution in [1.82, 2.24) is 10.2 Å². The van der Waals surface area contributed by atoms with Crippen molar-refractivity contribution in [2.75, 3.05) is 30.2 Å². The summed E-state index contributed by atoms with van der Waals surface area (Å²) in [5, 5.41) is 13.8. The zero-order valence-electron chi connectivity index (χ0n) is 18.8. The number of nitro groups is 1. The number of hydrogen-bond donors (Lipinski definition) is 1. The van der Waals surface area contributed by atoms with E-state index in [1.54, 1.807) is 13.8 Å². The van der Waals surface area contributed by atoms with E-state index in [1.807, 2.05) is 30.3 Å². The van der Waals surface area contributed by atoms with Crippen LogP contribution in [-0.2, 0) is 26.0 Å². The topological polar surface area (TPSA) is 130 Å². The van der Waals surface area contributed by atoms with E-state index < -0.39 is 33.4 Å². The number of carbonyl (C=O) groups is 2. The van der Waals surface area contributed by atoms with Gasteiger partial charge in [0.25, 0.3) is 5.69 Å². The molecule has 1 unspecified atom stereocenters. The number of nitro benzene ring substituents is 1. The van der Waals surface area contributed by atoms with Gasteiger partial charge in [0.1, 0.15) is 12.6 Å². The highest BCUT2D eigenvalue weighted by molar-refractivity contribution is 7.92. The summed E-state index contributed by atoms with van der Waals surface area (Å²) in [6.07, 6.45) is 1.38. The fraction of sp³-hybridized carbons (Fsp3) is 0.364. The summed E-state index contributed by atoms with van der Waals surface area (Å²) < 4.78 is 25.7. The lowest BCUT2D eigenvalue weighted by molar-refractivity contribution is -0.384. The number of nitrogens with one attached hydrogen (secondary N) is 1. The highest BCUT2D eigenvalue weighted by Gasteiger charge is 2.30. The maximum absolute atomic E-state index is 13.3. The summed E-state index contributed by atoms with van der Waals surface area (Å²) in [5.74, 6) is -0.957. The minimum Gasteiger partial charge on any atom is -0.355 e. The average molecular weight is 477 g/mol. The number of non-ortho nitro benzene ring substituents is 1. The molecule has 2 aromatic rings. The summed E-state index contributed by atoms with van der Waals surface area (Å²) in [7, 11) is -3.95. The molecule has 0 heterocycles. The van der Waals surface area contributed by atoms with Gasteiger partial charge in [-0.1, -0.05) is 36.4 Å². The van der Waals surface area contributed by atoms with Gasteiger partial charge in [0, 0.05) is 25.2 Å². The Bertz CT molecular complexity index is 1090. The molecule has 0 radical (unpaired) electrons. The van der Waals surface area contributed by atoms with Gasteiger partial charge in [0.15, 0.2) is 0 Å². The van der Waals surface area contributed by atoms with E-state index >= 15 is 0 Å². The van der Waals surface area contributed by atoms with Crippen molar-refractivity contribution in [2.45, 2.75) is 26.3 Å². The lowest BCUT2D eigenvalue weighted by atomic mass is 10.1. The van der Waals surface area contributed by atoms with Crippen molar-refractivity contribution < 1.29 is 22.9 Å². The van der Waals surface area contributed by atoms with E-state index in [0.29, 0.717) is 13.0 Å². The van der Waals surface area contributed by atoms with Gasteiger partial charge in [-0.3, -0.25) is 24.0 Å². The van der Waals surface area contributed by atoms with E-state index in [2.05, 4.69) is 5.32 Å². The molecule has 2 rings (SSSR count). The van der Waals surface area contributed by atoms with Gasteiger partial charge in [0.05, 0.1) is 16.9 Å². The number of likely N-dealkylation sites (N-methyl/N-ethyl adjacent to an activating group) is 1. The SMILES string of the molecule is CCNC(=O)C(C)N(CCc1ccccc1)C(=O)CN(c1cccc([N+](=O)[O-])c1)S(C)(=O)=O. The number of sulfonamides is 1. The van der Waals surface area contributed by atoms with Gasteiger partial charge in [-0.15, -0.1) is 0 Å². The molecule has 2 aromatic carbocycles. The van der Waals surface area contributed by atoms with Crippen LogP contribution in [0.4, 0.5) is 11.4 Å². The van der Waals surface area contributed by atoms with E-state index in [1.165, 1.54) is 23.1 Å². The van der Waals surface area contributed by atoms with Gasteiger partial charge in [-0.05, 0) is 31.9 Å². The predicted molar refractivity (Wildman–Crippen MR) is 125 cm³/mol. The average Bonchev–Trinajstić information content (AvgIpc) is 2.77. The standard InChI is InChI=1S/C22H28N4O6S/c1-4-23-22(28)17(2)24(14-13-18-9-6-5-7-10-18)21(27)16-25(33(3,31)32)19-11-8-12-20(15-19)26(29)30/h5-12,15,17H,4,13-14,16H2,1-3H3,(H,23,28). The van der Waals surface area contributed by atoms with Gasteiger partial charge in [-0.25, -0.2) is 8.42 Å². The highest BCUT2D eigenvalue weighted by Crippen LogP contribution is 2.23. The monoisotopic (exact) mass is 476 g/mol. The first-order valence-corrected chi connectivity index (χ1v) is 12.2. The van der Waals surface area contributed by atoms with Crippen LogP contribution in [0, 0.1) is 10.1 Å². The third-order valence-electron chi connectivity index (χ3n) is 5.01. The van der Waals surface area contributed by atoms with Gasteiger partial charge in [0.2, 0.25) is 21.8 Å². The first kappa shape index (κ1) is 25.8.